The number of aliphatic hydroxyl groups excluding tert-OH is 1. The summed E-state index contributed by atoms with van der Waals surface area (Å²) in [6.07, 6.45) is 11.7. The molecule has 120 valence electrons. The van der Waals surface area contributed by atoms with Crippen LogP contribution in [0.5, 0.6) is 0 Å². The molecule has 0 bridgehead atoms. The third-order valence-corrected chi connectivity index (χ3v) is 4.18. The molecule has 1 atom stereocenters. The highest BCUT2D eigenvalue weighted by atomic mass is 19.1. The fourth-order valence-electron chi connectivity index (χ4n) is 2.77. The van der Waals surface area contributed by atoms with Gasteiger partial charge in [-0.3, -0.25) is 0 Å². The Labute approximate surface area is 129 Å². The van der Waals surface area contributed by atoms with Crippen LogP contribution in [0.2, 0.25) is 0 Å². The molecule has 1 aromatic rings. The molecular formula is C19H31FO. The Morgan fingerprint density at radius 1 is 0.952 bits per heavy atom. The van der Waals surface area contributed by atoms with Gasteiger partial charge in [-0.15, -0.1) is 0 Å². The number of hydrogen-bond acceptors (Lipinski definition) is 1. The highest BCUT2D eigenvalue weighted by molar-refractivity contribution is 5.28. The summed E-state index contributed by atoms with van der Waals surface area (Å²) in [6.45, 7) is 4.17. The molecular weight excluding hydrogens is 263 g/mol. The van der Waals surface area contributed by atoms with Crippen LogP contribution in [0.15, 0.2) is 18.2 Å². The van der Waals surface area contributed by atoms with Crippen LogP contribution in [0.3, 0.4) is 0 Å². The predicted molar refractivity (Wildman–Crippen MR) is 87.9 cm³/mol. The van der Waals surface area contributed by atoms with E-state index in [1.807, 2.05) is 6.92 Å². The third kappa shape index (κ3) is 7.61. The van der Waals surface area contributed by atoms with Crippen LogP contribution in [-0.4, -0.2) is 5.11 Å². The van der Waals surface area contributed by atoms with Crippen LogP contribution >= 0.6 is 0 Å². The number of benzene rings is 1. The summed E-state index contributed by atoms with van der Waals surface area (Å²) in [4.78, 5) is 0. The zero-order chi connectivity index (χ0) is 15.5. The first-order chi connectivity index (χ1) is 10.1. The molecule has 0 amide bonds. The van der Waals surface area contributed by atoms with E-state index >= 15 is 0 Å². The smallest absolute Gasteiger partial charge is 0.123 e. The number of aryl methyl sites for hydroxylation is 1. The molecule has 0 saturated heterocycles. The maximum Gasteiger partial charge on any atom is 0.123 e. The number of rotatable bonds is 11. The molecule has 1 unspecified atom stereocenters. The Morgan fingerprint density at radius 2 is 1.52 bits per heavy atom. The van der Waals surface area contributed by atoms with Crippen molar-refractivity contribution in [2.24, 2.45) is 0 Å². The zero-order valence-corrected chi connectivity index (χ0v) is 13.7. The summed E-state index contributed by atoms with van der Waals surface area (Å²) >= 11 is 0. The average Bonchev–Trinajstić information content (AvgIpc) is 2.48. The number of aliphatic hydroxyl groups is 1. The molecule has 0 aliphatic heterocycles. The van der Waals surface area contributed by atoms with Gasteiger partial charge in [-0.25, -0.2) is 4.39 Å². The fourth-order valence-corrected chi connectivity index (χ4v) is 2.77. The van der Waals surface area contributed by atoms with Gasteiger partial charge >= 0.3 is 0 Å². The van der Waals surface area contributed by atoms with Crippen molar-refractivity contribution in [2.45, 2.75) is 84.2 Å². The van der Waals surface area contributed by atoms with E-state index in [0.717, 1.165) is 24.0 Å². The molecule has 0 heterocycles. The van der Waals surface area contributed by atoms with E-state index in [-0.39, 0.29) is 5.82 Å². The van der Waals surface area contributed by atoms with Crippen LogP contribution in [-0.2, 0) is 0 Å². The van der Waals surface area contributed by atoms with Gasteiger partial charge < -0.3 is 5.11 Å². The molecule has 0 spiro atoms. The van der Waals surface area contributed by atoms with Gasteiger partial charge in [0.15, 0.2) is 0 Å². The van der Waals surface area contributed by atoms with E-state index in [9.17, 15) is 9.50 Å². The van der Waals surface area contributed by atoms with Gasteiger partial charge in [0, 0.05) is 0 Å². The SMILES string of the molecule is CCCCCCCCCCCC(O)c1cc(F)ccc1C. The molecule has 1 rings (SSSR count). The van der Waals surface area contributed by atoms with Gasteiger partial charge in [-0.1, -0.05) is 70.8 Å². The highest BCUT2D eigenvalue weighted by Gasteiger charge is 2.10. The van der Waals surface area contributed by atoms with Gasteiger partial charge in [0.25, 0.3) is 0 Å². The van der Waals surface area contributed by atoms with Gasteiger partial charge in [0.1, 0.15) is 5.82 Å². The molecule has 1 N–H and O–H groups in total. The van der Waals surface area contributed by atoms with E-state index in [4.69, 9.17) is 0 Å². The van der Waals surface area contributed by atoms with Crippen molar-refractivity contribution in [1.82, 2.24) is 0 Å². The van der Waals surface area contributed by atoms with Crippen molar-refractivity contribution < 1.29 is 9.50 Å². The lowest BCUT2D eigenvalue weighted by atomic mass is 9.98. The normalized spacial score (nSPS) is 12.6. The van der Waals surface area contributed by atoms with E-state index in [1.165, 1.54) is 63.5 Å². The summed E-state index contributed by atoms with van der Waals surface area (Å²) in [5, 5.41) is 10.2. The maximum absolute atomic E-state index is 13.2. The Kier molecular flexibility index (Phi) is 9.32. The summed E-state index contributed by atoms with van der Waals surface area (Å²) < 4.78 is 13.2. The zero-order valence-electron chi connectivity index (χ0n) is 13.7. The van der Waals surface area contributed by atoms with Crippen LogP contribution in [0.25, 0.3) is 0 Å². The average molecular weight is 294 g/mol. The minimum atomic E-state index is -0.523. The van der Waals surface area contributed by atoms with E-state index in [2.05, 4.69) is 6.92 Å². The van der Waals surface area contributed by atoms with Gasteiger partial charge in [-0.2, -0.15) is 0 Å². The van der Waals surface area contributed by atoms with Crippen molar-refractivity contribution in [3.63, 3.8) is 0 Å². The topological polar surface area (TPSA) is 20.2 Å². The standard InChI is InChI=1S/C19H31FO/c1-3-4-5-6-7-8-9-10-11-12-19(21)18-15-17(20)14-13-16(18)2/h13-15,19,21H,3-12H2,1-2H3. The van der Waals surface area contributed by atoms with Gasteiger partial charge in [0.05, 0.1) is 6.10 Å². The number of hydrogen-bond donors (Lipinski definition) is 1. The maximum atomic E-state index is 13.2. The second-order valence-corrected chi connectivity index (χ2v) is 6.13. The fraction of sp³-hybridized carbons (Fsp3) is 0.684. The first kappa shape index (κ1) is 18.2. The summed E-state index contributed by atoms with van der Waals surface area (Å²) in [5.74, 6) is -0.262. The van der Waals surface area contributed by atoms with Crippen LogP contribution < -0.4 is 0 Å². The molecule has 1 aromatic carbocycles. The van der Waals surface area contributed by atoms with E-state index < -0.39 is 6.10 Å². The van der Waals surface area contributed by atoms with Crippen molar-refractivity contribution in [3.8, 4) is 0 Å². The largest absolute Gasteiger partial charge is 0.388 e. The molecule has 0 radical (unpaired) electrons. The van der Waals surface area contributed by atoms with Crippen LogP contribution in [0.4, 0.5) is 4.39 Å². The monoisotopic (exact) mass is 294 g/mol. The second-order valence-electron chi connectivity index (χ2n) is 6.13. The Hall–Kier alpha value is -0.890. The second kappa shape index (κ2) is 10.8. The van der Waals surface area contributed by atoms with Crippen molar-refractivity contribution in [3.05, 3.63) is 35.1 Å². The number of halogens is 1. The van der Waals surface area contributed by atoms with E-state index in [0.29, 0.717) is 0 Å². The minimum absolute atomic E-state index is 0.262. The molecule has 0 aromatic heterocycles. The first-order valence-corrected chi connectivity index (χ1v) is 8.59. The Bertz CT molecular complexity index is 389. The van der Waals surface area contributed by atoms with Crippen molar-refractivity contribution >= 4 is 0 Å². The lowest BCUT2D eigenvalue weighted by Crippen LogP contribution is -2.01. The minimum Gasteiger partial charge on any atom is -0.388 e. The highest BCUT2D eigenvalue weighted by Crippen LogP contribution is 2.24. The summed E-state index contributed by atoms with van der Waals surface area (Å²) in [6, 6.07) is 4.65. The quantitative estimate of drug-likeness (QED) is 0.490. The predicted octanol–water partition coefficient (Wildman–Crippen LogP) is 6.09. The van der Waals surface area contributed by atoms with Gasteiger partial charge in [0.2, 0.25) is 0 Å². The van der Waals surface area contributed by atoms with Crippen LogP contribution in [0.1, 0.15) is 88.4 Å². The van der Waals surface area contributed by atoms with Crippen molar-refractivity contribution in [2.75, 3.05) is 0 Å². The molecule has 0 aliphatic carbocycles. The molecule has 0 aliphatic rings. The molecule has 21 heavy (non-hydrogen) atoms. The Morgan fingerprint density at radius 3 is 2.14 bits per heavy atom. The first-order valence-electron chi connectivity index (χ1n) is 8.59. The van der Waals surface area contributed by atoms with Crippen LogP contribution in [0, 0.1) is 12.7 Å². The van der Waals surface area contributed by atoms with Crippen molar-refractivity contribution in [1.29, 1.82) is 0 Å². The summed E-state index contributed by atoms with van der Waals surface area (Å²) in [5.41, 5.74) is 1.72. The molecule has 0 saturated carbocycles. The number of unbranched alkanes of at least 4 members (excludes halogenated alkanes) is 8. The lowest BCUT2D eigenvalue weighted by Gasteiger charge is -2.13. The lowest BCUT2D eigenvalue weighted by molar-refractivity contribution is 0.162. The molecule has 0 fully saturated rings. The molecule has 2 heteroatoms. The summed E-state index contributed by atoms with van der Waals surface area (Å²) in [7, 11) is 0. The van der Waals surface area contributed by atoms with Gasteiger partial charge in [-0.05, 0) is 36.6 Å². The molecule has 1 nitrogen and oxygen atoms in total. The van der Waals surface area contributed by atoms with E-state index in [1.54, 1.807) is 6.07 Å². The Balaban J connectivity index is 2.11. The third-order valence-electron chi connectivity index (χ3n) is 4.18.